The Balaban J connectivity index is 1.62. The van der Waals surface area contributed by atoms with E-state index in [-0.39, 0.29) is 6.03 Å². The molecule has 3 rings (SSSR count). The number of carbonyl (C=O) groups is 1. The third-order valence-corrected chi connectivity index (χ3v) is 4.15. The Labute approximate surface area is 139 Å². The van der Waals surface area contributed by atoms with Crippen LogP contribution in [-0.2, 0) is 19.5 Å². The number of urea groups is 1. The molecule has 0 spiro atoms. The first-order valence-corrected chi connectivity index (χ1v) is 7.97. The molecule has 0 unspecified atom stereocenters. The van der Waals surface area contributed by atoms with Crippen molar-refractivity contribution < 1.29 is 9.53 Å². The van der Waals surface area contributed by atoms with Crippen LogP contribution in [0.4, 0.5) is 10.5 Å². The molecule has 2 amide bonds. The van der Waals surface area contributed by atoms with Gasteiger partial charge < -0.3 is 15.4 Å². The van der Waals surface area contributed by atoms with Crippen molar-refractivity contribution in [3.05, 3.63) is 40.7 Å². The van der Waals surface area contributed by atoms with E-state index < -0.39 is 0 Å². The zero-order valence-corrected chi connectivity index (χ0v) is 13.7. The molecule has 2 aromatic rings. The van der Waals surface area contributed by atoms with Gasteiger partial charge in [-0.2, -0.15) is 5.10 Å². The molecule has 0 saturated carbocycles. The first kappa shape index (κ1) is 15.7. The molecule has 23 heavy (non-hydrogen) atoms. The van der Waals surface area contributed by atoms with E-state index in [1.54, 1.807) is 25.3 Å². The molecular formula is C16H19ClN4O2. The van der Waals surface area contributed by atoms with E-state index >= 15 is 0 Å². The van der Waals surface area contributed by atoms with Crippen LogP contribution >= 0.6 is 11.6 Å². The van der Waals surface area contributed by atoms with E-state index in [0.29, 0.717) is 23.0 Å². The summed E-state index contributed by atoms with van der Waals surface area (Å²) in [6, 6.07) is 4.78. The Morgan fingerprint density at radius 1 is 1.43 bits per heavy atom. The SMILES string of the molecule is COc1ccc(Cl)cc1NC(=O)NCc1cnn2c1CCCC2. The fourth-order valence-corrected chi connectivity index (χ4v) is 2.93. The molecule has 0 fully saturated rings. The van der Waals surface area contributed by atoms with Crippen LogP contribution < -0.4 is 15.4 Å². The van der Waals surface area contributed by atoms with Gasteiger partial charge in [-0.05, 0) is 37.5 Å². The number of methoxy groups -OCH3 is 1. The minimum absolute atomic E-state index is 0.304. The Morgan fingerprint density at radius 3 is 3.13 bits per heavy atom. The largest absolute Gasteiger partial charge is 0.495 e. The number of aromatic nitrogens is 2. The second-order valence-corrected chi connectivity index (χ2v) is 5.89. The second-order valence-electron chi connectivity index (χ2n) is 5.45. The number of nitrogens with one attached hydrogen (secondary N) is 2. The van der Waals surface area contributed by atoms with Gasteiger partial charge in [-0.3, -0.25) is 4.68 Å². The average molecular weight is 335 g/mol. The summed E-state index contributed by atoms with van der Waals surface area (Å²) < 4.78 is 7.24. The molecule has 2 N–H and O–H groups in total. The van der Waals surface area contributed by atoms with Gasteiger partial charge in [-0.25, -0.2) is 4.79 Å². The van der Waals surface area contributed by atoms with E-state index in [4.69, 9.17) is 16.3 Å². The molecule has 122 valence electrons. The molecule has 0 bridgehead atoms. The van der Waals surface area contributed by atoms with Crippen molar-refractivity contribution in [1.29, 1.82) is 0 Å². The zero-order valence-electron chi connectivity index (χ0n) is 12.9. The number of carbonyl (C=O) groups excluding carboxylic acids is 1. The van der Waals surface area contributed by atoms with Crippen LogP contribution in [0, 0.1) is 0 Å². The number of rotatable bonds is 4. The number of halogens is 1. The van der Waals surface area contributed by atoms with Crippen molar-refractivity contribution in [2.75, 3.05) is 12.4 Å². The molecule has 6 nitrogen and oxygen atoms in total. The van der Waals surface area contributed by atoms with Crippen LogP contribution in [0.25, 0.3) is 0 Å². The van der Waals surface area contributed by atoms with Crippen molar-refractivity contribution >= 4 is 23.3 Å². The molecule has 1 aliphatic heterocycles. The molecule has 2 heterocycles. The smallest absolute Gasteiger partial charge is 0.319 e. The predicted molar refractivity (Wildman–Crippen MR) is 89.0 cm³/mol. The molecule has 1 aromatic carbocycles. The third-order valence-electron chi connectivity index (χ3n) is 3.92. The summed E-state index contributed by atoms with van der Waals surface area (Å²) in [6.45, 7) is 1.41. The maximum atomic E-state index is 12.1. The number of amides is 2. The molecule has 1 aliphatic rings. The van der Waals surface area contributed by atoms with Crippen LogP contribution in [0.1, 0.15) is 24.1 Å². The van der Waals surface area contributed by atoms with Gasteiger partial charge in [0.2, 0.25) is 0 Å². The van der Waals surface area contributed by atoms with E-state index in [1.807, 2.05) is 10.9 Å². The maximum absolute atomic E-state index is 12.1. The third kappa shape index (κ3) is 3.59. The molecular weight excluding hydrogens is 316 g/mol. The number of anilines is 1. The fraction of sp³-hybridized carbons (Fsp3) is 0.375. The van der Waals surface area contributed by atoms with Crippen LogP contribution in [0.2, 0.25) is 5.02 Å². The molecule has 0 saturated heterocycles. The van der Waals surface area contributed by atoms with Gasteiger partial charge in [-0.15, -0.1) is 0 Å². The fourth-order valence-electron chi connectivity index (χ4n) is 2.75. The standard InChI is InChI=1S/C16H19ClN4O2/c1-23-15-6-5-12(17)8-13(15)20-16(22)18-9-11-10-19-21-7-3-2-4-14(11)21/h5-6,8,10H,2-4,7,9H2,1H3,(H2,18,20,22). The van der Waals surface area contributed by atoms with Gasteiger partial charge in [0.25, 0.3) is 0 Å². The van der Waals surface area contributed by atoms with Gasteiger partial charge in [-0.1, -0.05) is 11.6 Å². The number of benzene rings is 1. The summed E-state index contributed by atoms with van der Waals surface area (Å²) >= 11 is 5.96. The van der Waals surface area contributed by atoms with Gasteiger partial charge >= 0.3 is 6.03 Å². The number of hydrogen-bond acceptors (Lipinski definition) is 3. The van der Waals surface area contributed by atoms with Crippen molar-refractivity contribution in [1.82, 2.24) is 15.1 Å². The summed E-state index contributed by atoms with van der Waals surface area (Å²) in [5, 5.41) is 10.5. The minimum atomic E-state index is -0.304. The average Bonchev–Trinajstić information content (AvgIpc) is 2.96. The zero-order chi connectivity index (χ0) is 16.2. The van der Waals surface area contributed by atoms with E-state index in [9.17, 15) is 4.79 Å². The van der Waals surface area contributed by atoms with E-state index in [2.05, 4.69) is 15.7 Å². The molecule has 0 atom stereocenters. The normalized spacial score (nSPS) is 13.3. The quantitative estimate of drug-likeness (QED) is 0.902. The van der Waals surface area contributed by atoms with Crippen molar-refractivity contribution in [3.63, 3.8) is 0 Å². The monoisotopic (exact) mass is 334 g/mol. The number of ether oxygens (including phenoxy) is 1. The van der Waals surface area contributed by atoms with Gasteiger partial charge in [0, 0.05) is 29.4 Å². The highest BCUT2D eigenvalue weighted by Crippen LogP contribution is 2.27. The van der Waals surface area contributed by atoms with E-state index in [1.165, 1.54) is 12.1 Å². The topological polar surface area (TPSA) is 68.2 Å². The highest BCUT2D eigenvalue weighted by molar-refractivity contribution is 6.31. The van der Waals surface area contributed by atoms with Crippen LogP contribution in [0.3, 0.4) is 0 Å². The maximum Gasteiger partial charge on any atom is 0.319 e. The van der Waals surface area contributed by atoms with Gasteiger partial charge in [0.1, 0.15) is 5.75 Å². The number of nitrogens with zero attached hydrogens (tertiary/aromatic N) is 2. The minimum Gasteiger partial charge on any atom is -0.495 e. The molecule has 0 aliphatic carbocycles. The summed E-state index contributed by atoms with van der Waals surface area (Å²) in [6.07, 6.45) is 5.18. The van der Waals surface area contributed by atoms with Crippen LogP contribution in [0.15, 0.2) is 24.4 Å². The van der Waals surface area contributed by atoms with Crippen LogP contribution in [-0.4, -0.2) is 22.9 Å². The number of hydrogen-bond donors (Lipinski definition) is 2. The Morgan fingerprint density at radius 2 is 2.30 bits per heavy atom. The number of fused-ring (bicyclic) bond motifs is 1. The Hall–Kier alpha value is -2.21. The Kier molecular flexibility index (Phi) is 4.71. The summed E-state index contributed by atoms with van der Waals surface area (Å²) in [7, 11) is 1.55. The van der Waals surface area contributed by atoms with Crippen molar-refractivity contribution in [3.8, 4) is 5.75 Å². The van der Waals surface area contributed by atoms with Gasteiger partial charge in [0.05, 0.1) is 19.0 Å². The van der Waals surface area contributed by atoms with Crippen LogP contribution in [0.5, 0.6) is 5.75 Å². The summed E-state index contributed by atoms with van der Waals surface area (Å²) in [5.74, 6) is 0.562. The Bertz CT molecular complexity index is 714. The lowest BCUT2D eigenvalue weighted by atomic mass is 10.1. The van der Waals surface area contributed by atoms with Crippen molar-refractivity contribution in [2.45, 2.75) is 32.4 Å². The predicted octanol–water partition coefficient (Wildman–Crippen LogP) is 3.20. The summed E-state index contributed by atoms with van der Waals surface area (Å²) in [5.41, 5.74) is 2.82. The molecule has 7 heteroatoms. The lowest BCUT2D eigenvalue weighted by molar-refractivity contribution is 0.251. The van der Waals surface area contributed by atoms with E-state index in [0.717, 1.165) is 24.9 Å². The second kappa shape index (κ2) is 6.91. The van der Waals surface area contributed by atoms with Gasteiger partial charge in [0.15, 0.2) is 0 Å². The highest BCUT2D eigenvalue weighted by Gasteiger charge is 2.15. The highest BCUT2D eigenvalue weighted by atomic mass is 35.5. The lowest BCUT2D eigenvalue weighted by Gasteiger charge is -2.15. The molecule has 0 radical (unpaired) electrons. The van der Waals surface area contributed by atoms with Crippen molar-refractivity contribution in [2.24, 2.45) is 0 Å². The first-order valence-electron chi connectivity index (χ1n) is 7.59. The lowest BCUT2D eigenvalue weighted by Crippen LogP contribution is -2.28. The first-order chi connectivity index (χ1) is 11.2. The molecule has 1 aromatic heterocycles. The summed E-state index contributed by atoms with van der Waals surface area (Å²) in [4.78, 5) is 12.1. The number of aryl methyl sites for hydroxylation is 1.